The number of benzene rings is 2. The summed E-state index contributed by atoms with van der Waals surface area (Å²) in [7, 11) is -4.80. The van der Waals surface area contributed by atoms with Crippen molar-refractivity contribution in [1.29, 1.82) is 0 Å². The Bertz CT molecular complexity index is 1360. The average Bonchev–Trinajstić information content (AvgIpc) is 3.37. The lowest BCUT2D eigenvalue weighted by atomic mass is 10.0. The monoisotopic (exact) mass is 627 g/mol. The summed E-state index contributed by atoms with van der Waals surface area (Å²) in [5.74, 6) is -0.367. The minimum atomic E-state index is -4.80. The molecule has 226 valence electrons. The van der Waals surface area contributed by atoms with Gasteiger partial charge in [-0.25, -0.2) is 4.57 Å². The van der Waals surface area contributed by atoms with Crippen LogP contribution >= 0.6 is 19.2 Å². The normalized spacial score (nSPS) is 14.2. The maximum absolute atomic E-state index is 13.8. The zero-order valence-electron chi connectivity index (χ0n) is 21.7. The van der Waals surface area contributed by atoms with Crippen LogP contribution in [0.5, 0.6) is 5.75 Å². The molecule has 41 heavy (non-hydrogen) atoms. The first-order valence-electron chi connectivity index (χ1n) is 12.3. The molecule has 2 aromatic carbocycles. The van der Waals surface area contributed by atoms with E-state index in [1.54, 1.807) is 6.07 Å². The second kappa shape index (κ2) is 13.2. The fourth-order valence-corrected chi connectivity index (χ4v) is 5.05. The highest BCUT2D eigenvalue weighted by atomic mass is 32.1. The van der Waals surface area contributed by atoms with Crippen molar-refractivity contribution in [2.45, 2.75) is 56.9 Å². The van der Waals surface area contributed by atoms with Crippen molar-refractivity contribution in [2.24, 2.45) is 5.73 Å². The van der Waals surface area contributed by atoms with Gasteiger partial charge in [0.15, 0.2) is 0 Å². The van der Waals surface area contributed by atoms with E-state index in [1.165, 1.54) is 25.1 Å². The molecular formula is C25H28F6N3O5PS. The molecule has 1 aromatic heterocycles. The van der Waals surface area contributed by atoms with Crippen LogP contribution < -0.4 is 10.5 Å². The van der Waals surface area contributed by atoms with Crippen LogP contribution in [0.4, 0.5) is 26.3 Å². The summed E-state index contributed by atoms with van der Waals surface area (Å²) in [5, 5.41) is 7.92. The molecule has 4 N–H and O–H groups in total. The van der Waals surface area contributed by atoms with Crippen molar-refractivity contribution in [3.63, 3.8) is 0 Å². The fourth-order valence-electron chi connectivity index (χ4n) is 3.73. The minimum absolute atomic E-state index is 0.0139. The Morgan fingerprint density at radius 2 is 1.66 bits per heavy atom. The van der Waals surface area contributed by atoms with E-state index < -0.39 is 43.4 Å². The number of alkyl halides is 6. The van der Waals surface area contributed by atoms with Gasteiger partial charge < -0.3 is 20.3 Å². The SMILES string of the molecule is C[C@](N)(COP(=O)(O)O)c1nnc(-c2ccc(OCCCCCCc3cccc(C(F)(F)F)c3)c(C(F)(F)F)c2)s1. The van der Waals surface area contributed by atoms with E-state index in [-0.39, 0.29) is 27.9 Å². The number of phosphoric acid groups is 1. The summed E-state index contributed by atoms with van der Waals surface area (Å²) in [6.07, 6.45) is -6.31. The molecule has 0 aliphatic heterocycles. The van der Waals surface area contributed by atoms with E-state index >= 15 is 0 Å². The number of rotatable bonds is 13. The lowest BCUT2D eigenvalue weighted by molar-refractivity contribution is -0.139. The molecule has 0 aliphatic rings. The molecule has 0 bridgehead atoms. The van der Waals surface area contributed by atoms with Crippen molar-refractivity contribution >= 4 is 19.2 Å². The topological polar surface area (TPSA) is 128 Å². The van der Waals surface area contributed by atoms with Crippen LogP contribution in [0.1, 0.15) is 54.3 Å². The predicted octanol–water partition coefficient (Wildman–Crippen LogP) is 6.71. The van der Waals surface area contributed by atoms with Crippen molar-refractivity contribution in [1.82, 2.24) is 10.2 Å². The number of phosphoric ester groups is 1. The van der Waals surface area contributed by atoms with Gasteiger partial charge in [-0.05, 0) is 56.0 Å². The van der Waals surface area contributed by atoms with E-state index in [9.17, 15) is 30.9 Å². The van der Waals surface area contributed by atoms with Gasteiger partial charge in [-0.2, -0.15) is 26.3 Å². The van der Waals surface area contributed by atoms with Crippen LogP contribution in [0.3, 0.4) is 0 Å². The van der Waals surface area contributed by atoms with Crippen molar-refractivity contribution < 1.29 is 50.0 Å². The maximum Gasteiger partial charge on any atom is 0.469 e. The standard InChI is InChI=1S/C25H28F6N3O5PS/c1-23(32,15-39-40(35,36)37)22-34-33-21(41-22)17-10-11-20(19(14-17)25(29,30)31)38-12-5-3-2-4-7-16-8-6-9-18(13-16)24(26,27)28/h6,8-11,13-14H,2-5,7,12,15,32H2,1H3,(H2,35,36,37)/t23-/m0/s1. The predicted molar refractivity (Wildman–Crippen MR) is 139 cm³/mol. The highest BCUT2D eigenvalue weighted by molar-refractivity contribution is 7.46. The molecule has 1 atom stereocenters. The third kappa shape index (κ3) is 10.0. The van der Waals surface area contributed by atoms with Gasteiger partial charge in [-0.3, -0.25) is 4.52 Å². The summed E-state index contributed by atoms with van der Waals surface area (Å²) in [6.45, 7) is 0.800. The van der Waals surface area contributed by atoms with Gasteiger partial charge in [-0.15, -0.1) is 10.2 Å². The quantitative estimate of drug-likeness (QED) is 0.108. The molecule has 1 heterocycles. The lowest BCUT2D eigenvalue weighted by Gasteiger charge is -2.21. The molecule has 0 radical (unpaired) electrons. The van der Waals surface area contributed by atoms with Gasteiger partial charge in [0.05, 0.1) is 29.9 Å². The van der Waals surface area contributed by atoms with Crippen LogP contribution in [-0.2, 0) is 33.4 Å². The Morgan fingerprint density at radius 1 is 0.951 bits per heavy atom. The Hall–Kier alpha value is -2.55. The van der Waals surface area contributed by atoms with Gasteiger partial charge in [-0.1, -0.05) is 42.4 Å². The molecule has 0 spiro atoms. The number of nitrogens with two attached hydrogens (primary N) is 1. The molecule has 3 rings (SSSR count). The lowest BCUT2D eigenvalue weighted by Crippen LogP contribution is -2.37. The van der Waals surface area contributed by atoms with Crippen molar-refractivity contribution in [3.8, 4) is 16.3 Å². The van der Waals surface area contributed by atoms with Crippen molar-refractivity contribution in [3.05, 3.63) is 64.2 Å². The first-order chi connectivity index (χ1) is 19.0. The molecule has 3 aromatic rings. The van der Waals surface area contributed by atoms with Gasteiger partial charge in [0, 0.05) is 5.56 Å². The molecule has 0 fully saturated rings. The molecule has 0 aliphatic carbocycles. The summed E-state index contributed by atoms with van der Waals surface area (Å²) in [6, 6.07) is 8.53. The number of nitrogens with zero attached hydrogens (tertiary/aromatic N) is 2. The molecule has 0 unspecified atom stereocenters. The highest BCUT2D eigenvalue weighted by Gasteiger charge is 2.36. The first kappa shape index (κ1) is 33.0. The van der Waals surface area contributed by atoms with Gasteiger partial charge in [0.25, 0.3) is 0 Å². The Labute approximate surface area is 235 Å². The summed E-state index contributed by atoms with van der Waals surface area (Å²) in [4.78, 5) is 17.8. The molecule has 8 nitrogen and oxygen atoms in total. The zero-order valence-corrected chi connectivity index (χ0v) is 23.4. The first-order valence-corrected chi connectivity index (χ1v) is 14.6. The largest absolute Gasteiger partial charge is 0.493 e. The van der Waals surface area contributed by atoms with E-state index in [0.717, 1.165) is 29.5 Å². The van der Waals surface area contributed by atoms with Crippen LogP contribution in [0, 0.1) is 0 Å². The zero-order chi connectivity index (χ0) is 30.5. The second-order valence-electron chi connectivity index (χ2n) is 9.51. The van der Waals surface area contributed by atoms with Gasteiger partial charge >= 0.3 is 20.2 Å². The number of aryl methyl sites for hydroxylation is 1. The third-order valence-electron chi connectivity index (χ3n) is 5.85. The minimum Gasteiger partial charge on any atom is -0.493 e. The number of unbranched alkanes of at least 4 members (excludes halogenated alkanes) is 3. The molecule has 0 amide bonds. The Balaban J connectivity index is 1.56. The average molecular weight is 628 g/mol. The van der Waals surface area contributed by atoms with Crippen LogP contribution in [0.25, 0.3) is 10.6 Å². The van der Waals surface area contributed by atoms with Gasteiger partial charge in [0.1, 0.15) is 15.8 Å². The fraction of sp³-hybridized carbons (Fsp3) is 0.440. The number of hydrogen-bond donors (Lipinski definition) is 3. The number of hydrogen-bond acceptors (Lipinski definition) is 7. The summed E-state index contributed by atoms with van der Waals surface area (Å²) >= 11 is 0.854. The Morgan fingerprint density at radius 3 is 2.32 bits per heavy atom. The second-order valence-corrected chi connectivity index (χ2v) is 11.7. The van der Waals surface area contributed by atoms with E-state index in [1.807, 2.05) is 0 Å². The highest BCUT2D eigenvalue weighted by Crippen LogP contribution is 2.41. The molecule has 16 heteroatoms. The van der Waals surface area contributed by atoms with E-state index in [2.05, 4.69) is 14.7 Å². The smallest absolute Gasteiger partial charge is 0.469 e. The molecule has 0 saturated carbocycles. The Kier molecular flexibility index (Phi) is 10.6. The van der Waals surface area contributed by atoms with E-state index in [0.29, 0.717) is 37.7 Å². The summed E-state index contributed by atoms with van der Waals surface area (Å²) in [5.41, 5.74) is 3.49. The van der Waals surface area contributed by atoms with E-state index in [4.69, 9.17) is 20.3 Å². The van der Waals surface area contributed by atoms with Crippen molar-refractivity contribution in [2.75, 3.05) is 13.2 Å². The number of halogens is 6. The van der Waals surface area contributed by atoms with Gasteiger partial charge in [0.2, 0.25) is 0 Å². The van der Waals surface area contributed by atoms with Crippen LogP contribution in [0.15, 0.2) is 42.5 Å². The maximum atomic E-state index is 13.8. The number of aromatic nitrogens is 2. The van der Waals surface area contributed by atoms with Crippen LogP contribution in [-0.4, -0.2) is 33.2 Å². The molecular weight excluding hydrogens is 599 g/mol. The number of ether oxygens (including phenoxy) is 1. The summed E-state index contributed by atoms with van der Waals surface area (Å²) < 4.78 is 101. The molecule has 0 saturated heterocycles. The third-order valence-corrected chi connectivity index (χ3v) is 7.57. The van der Waals surface area contributed by atoms with Crippen LogP contribution in [0.2, 0.25) is 0 Å².